The largest absolute Gasteiger partial charge is 0.465 e. The first-order chi connectivity index (χ1) is 13.6. The minimum Gasteiger partial charge on any atom is -0.465 e. The van der Waals surface area contributed by atoms with Crippen LogP contribution in [0, 0.1) is 0 Å². The van der Waals surface area contributed by atoms with Crippen LogP contribution >= 0.6 is 0 Å². The number of ether oxygens (including phenoxy) is 1. The van der Waals surface area contributed by atoms with E-state index in [1.165, 1.54) is 7.11 Å². The molecular weight excluding hydrogens is 354 g/mol. The number of hydrogen-bond donors (Lipinski definition) is 0. The van der Waals surface area contributed by atoms with Gasteiger partial charge in [-0.2, -0.15) is 0 Å². The molecule has 0 saturated carbocycles. The van der Waals surface area contributed by atoms with Gasteiger partial charge < -0.3 is 14.5 Å². The quantitative estimate of drug-likeness (QED) is 0.763. The predicted octanol–water partition coefficient (Wildman–Crippen LogP) is 3.24. The number of amides is 2. The SMILES string of the molecule is COC(=O)c1ccc(CN(C(=O)N2CCCN(C)CC2)c2ccccc2)cc1. The van der Waals surface area contributed by atoms with Crippen LogP contribution in [0.3, 0.4) is 0 Å². The maximum atomic E-state index is 13.3. The minimum absolute atomic E-state index is 0.0125. The highest BCUT2D eigenvalue weighted by atomic mass is 16.5. The number of para-hydroxylation sites is 1. The third-order valence-electron chi connectivity index (χ3n) is 5.00. The average Bonchev–Trinajstić information content (AvgIpc) is 2.96. The molecule has 1 aliphatic rings. The van der Waals surface area contributed by atoms with Crippen LogP contribution in [0.4, 0.5) is 10.5 Å². The Labute approximate surface area is 166 Å². The molecule has 0 atom stereocenters. The first-order valence-corrected chi connectivity index (χ1v) is 9.56. The summed E-state index contributed by atoms with van der Waals surface area (Å²) < 4.78 is 4.75. The van der Waals surface area contributed by atoms with Crippen LogP contribution in [0.15, 0.2) is 54.6 Å². The number of hydrogen-bond acceptors (Lipinski definition) is 4. The van der Waals surface area contributed by atoms with Gasteiger partial charge in [0.1, 0.15) is 0 Å². The number of methoxy groups -OCH3 is 1. The molecule has 0 radical (unpaired) electrons. The molecule has 1 saturated heterocycles. The molecule has 148 valence electrons. The highest BCUT2D eigenvalue weighted by Gasteiger charge is 2.24. The van der Waals surface area contributed by atoms with Gasteiger partial charge in [0.2, 0.25) is 0 Å². The molecule has 1 heterocycles. The van der Waals surface area contributed by atoms with E-state index in [1.54, 1.807) is 17.0 Å². The normalized spacial score (nSPS) is 15.0. The monoisotopic (exact) mass is 381 g/mol. The standard InChI is InChI=1S/C22H27N3O3/c1-23-13-6-14-24(16-15-23)22(27)25(20-7-4-3-5-8-20)17-18-9-11-19(12-10-18)21(26)28-2/h3-5,7-12H,6,13-17H2,1-2H3. The third kappa shape index (κ3) is 4.89. The van der Waals surface area contributed by atoms with Crippen LogP contribution in [-0.2, 0) is 11.3 Å². The van der Waals surface area contributed by atoms with Gasteiger partial charge in [-0.15, -0.1) is 0 Å². The second-order valence-electron chi connectivity index (χ2n) is 7.04. The summed E-state index contributed by atoms with van der Waals surface area (Å²) in [6, 6.07) is 16.9. The molecule has 6 heteroatoms. The Morgan fingerprint density at radius 3 is 2.36 bits per heavy atom. The van der Waals surface area contributed by atoms with E-state index in [9.17, 15) is 9.59 Å². The highest BCUT2D eigenvalue weighted by molar-refractivity contribution is 5.92. The zero-order valence-electron chi connectivity index (χ0n) is 16.5. The van der Waals surface area contributed by atoms with Gasteiger partial charge in [-0.25, -0.2) is 9.59 Å². The Morgan fingerprint density at radius 1 is 0.964 bits per heavy atom. The van der Waals surface area contributed by atoms with Crippen LogP contribution in [0.2, 0.25) is 0 Å². The van der Waals surface area contributed by atoms with E-state index in [2.05, 4.69) is 11.9 Å². The molecule has 2 aromatic rings. The van der Waals surface area contributed by atoms with E-state index in [1.807, 2.05) is 47.4 Å². The fourth-order valence-corrected chi connectivity index (χ4v) is 3.33. The number of rotatable bonds is 4. The predicted molar refractivity (Wildman–Crippen MR) is 109 cm³/mol. The molecule has 6 nitrogen and oxygen atoms in total. The molecule has 0 N–H and O–H groups in total. The summed E-state index contributed by atoms with van der Waals surface area (Å²) in [6.45, 7) is 3.80. The molecule has 0 spiro atoms. The maximum absolute atomic E-state index is 13.3. The summed E-state index contributed by atoms with van der Waals surface area (Å²) in [7, 11) is 3.45. The van der Waals surface area contributed by atoms with Gasteiger partial charge in [0.25, 0.3) is 0 Å². The summed E-state index contributed by atoms with van der Waals surface area (Å²) in [4.78, 5) is 31.0. The van der Waals surface area contributed by atoms with Crippen LogP contribution < -0.4 is 4.90 Å². The van der Waals surface area contributed by atoms with Gasteiger partial charge in [0.05, 0.1) is 19.2 Å². The van der Waals surface area contributed by atoms with Crippen molar-refractivity contribution in [1.29, 1.82) is 0 Å². The second-order valence-corrected chi connectivity index (χ2v) is 7.04. The van der Waals surface area contributed by atoms with Crippen molar-refractivity contribution in [3.63, 3.8) is 0 Å². The van der Waals surface area contributed by atoms with Gasteiger partial charge >= 0.3 is 12.0 Å². The molecule has 1 fully saturated rings. The highest BCUT2D eigenvalue weighted by Crippen LogP contribution is 2.20. The van der Waals surface area contributed by atoms with Crippen LogP contribution in [0.5, 0.6) is 0 Å². The van der Waals surface area contributed by atoms with E-state index < -0.39 is 0 Å². The summed E-state index contributed by atoms with van der Waals surface area (Å²) in [5.41, 5.74) is 2.32. The maximum Gasteiger partial charge on any atom is 0.337 e. The Hall–Kier alpha value is -2.86. The molecule has 2 aromatic carbocycles. The Morgan fingerprint density at radius 2 is 1.68 bits per heavy atom. The molecular formula is C22H27N3O3. The Balaban J connectivity index is 1.81. The molecule has 0 aliphatic carbocycles. The van der Waals surface area contributed by atoms with Crippen molar-refractivity contribution in [3.8, 4) is 0 Å². The first-order valence-electron chi connectivity index (χ1n) is 9.56. The van der Waals surface area contributed by atoms with E-state index in [0.717, 1.165) is 43.9 Å². The lowest BCUT2D eigenvalue weighted by Gasteiger charge is -2.30. The first kappa shape index (κ1) is 19.9. The lowest BCUT2D eigenvalue weighted by molar-refractivity contribution is 0.0600. The topological polar surface area (TPSA) is 53.1 Å². The number of likely N-dealkylation sites (N-methyl/N-ethyl adjacent to an activating group) is 1. The zero-order valence-corrected chi connectivity index (χ0v) is 16.5. The Bertz CT molecular complexity index is 792. The van der Waals surface area contributed by atoms with Crippen molar-refractivity contribution in [2.24, 2.45) is 0 Å². The summed E-state index contributed by atoms with van der Waals surface area (Å²) >= 11 is 0. The van der Waals surface area contributed by atoms with Crippen molar-refractivity contribution in [2.75, 3.05) is 45.2 Å². The van der Waals surface area contributed by atoms with Crippen LogP contribution in [0.1, 0.15) is 22.3 Å². The number of anilines is 1. The van der Waals surface area contributed by atoms with Crippen molar-refractivity contribution < 1.29 is 14.3 Å². The average molecular weight is 381 g/mol. The third-order valence-corrected chi connectivity index (χ3v) is 5.00. The van der Waals surface area contributed by atoms with Gasteiger partial charge in [0, 0.05) is 25.3 Å². The van der Waals surface area contributed by atoms with E-state index >= 15 is 0 Å². The van der Waals surface area contributed by atoms with E-state index in [4.69, 9.17) is 4.74 Å². The second kappa shape index (κ2) is 9.37. The number of carbonyl (C=O) groups excluding carboxylic acids is 2. The van der Waals surface area contributed by atoms with E-state index in [0.29, 0.717) is 12.1 Å². The van der Waals surface area contributed by atoms with Crippen LogP contribution in [-0.4, -0.2) is 62.1 Å². The molecule has 0 bridgehead atoms. The van der Waals surface area contributed by atoms with Crippen LogP contribution in [0.25, 0.3) is 0 Å². The smallest absolute Gasteiger partial charge is 0.337 e. The summed E-state index contributed by atoms with van der Waals surface area (Å²) in [6.07, 6.45) is 0.971. The molecule has 1 aliphatic heterocycles. The molecule has 0 unspecified atom stereocenters. The van der Waals surface area contributed by atoms with Crippen molar-refractivity contribution in [1.82, 2.24) is 9.80 Å². The summed E-state index contributed by atoms with van der Waals surface area (Å²) in [5, 5.41) is 0. The van der Waals surface area contributed by atoms with Gasteiger partial charge in [-0.3, -0.25) is 4.90 Å². The number of benzene rings is 2. The number of carbonyl (C=O) groups is 2. The summed E-state index contributed by atoms with van der Waals surface area (Å²) in [5.74, 6) is -0.365. The number of nitrogens with zero attached hydrogens (tertiary/aromatic N) is 3. The van der Waals surface area contributed by atoms with Gasteiger partial charge in [-0.1, -0.05) is 30.3 Å². The Kier molecular flexibility index (Phi) is 6.66. The lowest BCUT2D eigenvalue weighted by atomic mass is 10.1. The van der Waals surface area contributed by atoms with E-state index in [-0.39, 0.29) is 12.0 Å². The lowest BCUT2D eigenvalue weighted by Crippen LogP contribution is -2.44. The number of urea groups is 1. The molecule has 28 heavy (non-hydrogen) atoms. The minimum atomic E-state index is -0.365. The van der Waals surface area contributed by atoms with Crippen molar-refractivity contribution in [3.05, 3.63) is 65.7 Å². The molecule has 3 rings (SSSR count). The molecule has 2 amide bonds. The fourth-order valence-electron chi connectivity index (χ4n) is 3.33. The van der Waals surface area contributed by atoms with Crippen molar-refractivity contribution >= 4 is 17.7 Å². The fraction of sp³-hybridized carbons (Fsp3) is 0.364. The molecule has 0 aromatic heterocycles. The van der Waals surface area contributed by atoms with Crippen molar-refractivity contribution in [2.45, 2.75) is 13.0 Å². The van der Waals surface area contributed by atoms with Gasteiger partial charge in [-0.05, 0) is 49.8 Å². The zero-order chi connectivity index (χ0) is 19.9. The van der Waals surface area contributed by atoms with Gasteiger partial charge in [0.15, 0.2) is 0 Å². The number of esters is 1.